The molecule has 0 fully saturated rings. The average molecular weight is 306 g/mol. The number of halogens is 1. The normalized spacial score (nSPS) is 12.2. The monoisotopic (exact) mass is 305 g/mol. The molecule has 0 saturated carbocycles. The van der Waals surface area contributed by atoms with Gasteiger partial charge in [0.25, 0.3) is 5.91 Å². The number of alkyl halides is 1. The molecule has 1 aromatic heterocycles. The molecule has 2 rings (SSSR count). The number of carbonyl (C=O) groups excluding carboxylic acids is 1. The van der Waals surface area contributed by atoms with Crippen LogP contribution in [-0.2, 0) is 13.5 Å². The van der Waals surface area contributed by atoms with E-state index in [0.717, 1.165) is 17.0 Å². The average Bonchev–Trinajstić information content (AvgIpc) is 2.72. The fourth-order valence-corrected chi connectivity index (χ4v) is 2.59. The Hall–Kier alpha value is -1.81. The van der Waals surface area contributed by atoms with Crippen molar-refractivity contribution >= 4 is 17.5 Å². The third-order valence-electron chi connectivity index (χ3n) is 3.58. The number of amides is 1. The summed E-state index contributed by atoms with van der Waals surface area (Å²) in [6.45, 7) is 3.73. The van der Waals surface area contributed by atoms with E-state index in [2.05, 4.69) is 10.4 Å². The molecule has 2 aromatic rings. The second kappa shape index (κ2) is 6.76. The van der Waals surface area contributed by atoms with Crippen LogP contribution >= 0.6 is 11.6 Å². The van der Waals surface area contributed by atoms with Crippen LogP contribution in [0.2, 0.25) is 0 Å². The SMILES string of the molecule is Cc1nn(C)c(C)c1C(=O)NC(CCl)Cc1ccccc1. The van der Waals surface area contributed by atoms with E-state index in [1.54, 1.807) is 4.68 Å². The fraction of sp³-hybridized carbons (Fsp3) is 0.375. The first kappa shape index (κ1) is 15.6. The molecule has 1 atom stereocenters. The van der Waals surface area contributed by atoms with Crippen LogP contribution in [0.1, 0.15) is 27.3 Å². The largest absolute Gasteiger partial charge is 0.348 e. The number of hydrogen-bond acceptors (Lipinski definition) is 2. The highest BCUT2D eigenvalue weighted by atomic mass is 35.5. The van der Waals surface area contributed by atoms with Crippen LogP contribution in [0.5, 0.6) is 0 Å². The maximum Gasteiger partial charge on any atom is 0.255 e. The predicted octanol–water partition coefficient (Wildman–Crippen LogP) is 2.62. The Bertz CT molecular complexity index is 622. The van der Waals surface area contributed by atoms with Crippen LogP contribution < -0.4 is 5.32 Å². The van der Waals surface area contributed by atoms with Crippen LogP contribution in [0.15, 0.2) is 30.3 Å². The molecule has 4 nitrogen and oxygen atoms in total. The van der Waals surface area contributed by atoms with E-state index in [1.807, 2.05) is 51.2 Å². The molecule has 5 heteroatoms. The molecule has 0 bridgehead atoms. The summed E-state index contributed by atoms with van der Waals surface area (Å²) in [5.74, 6) is 0.263. The van der Waals surface area contributed by atoms with Gasteiger partial charge in [-0.05, 0) is 25.8 Å². The fourth-order valence-electron chi connectivity index (χ4n) is 2.40. The molecule has 0 radical (unpaired) electrons. The minimum Gasteiger partial charge on any atom is -0.348 e. The molecular formula is C16H20ClN3O. The molecule has 1 N–H and O–H groups in total. The van der Waals surface area contributed by atoms with Crippen LogP contribution in [-0.4, -0.2) is 27.6 Å². The van der Waals surface area contributed by atoms with Gasteiger partial charge in [-0.25, -0.2) is 0 Å². The van der Waals surface area contributed by atoms with Gasteiger partial charge in [0.15, 0.2) is 0 Å². The molecule has 0 aliphatic rings. The van der Waals surface area contributed by atoms with E-state index in [9.17, 15) is 4.79 Å². The first-order valence-electron chi connectivity index (χ1n) is 6.94. The summed E-state index contributed by atoms with van der Waals surface area (Å²) in [4.78, 5) is 12.4. The van der Waals surface area contributed by atoms with Crippen molar-refractivity contribution in [2.75, 3.05) is 5.88 Å². The van der Waals surface area contributed by atoms with Crippen molar-refractivity contribution in [3.8, 4) is 0 Å². The lowest BCUT2D eigenvalue weighted by atomic mass is 10.1. The standard InChI is InChI=1S/C16H20ClN3O/c1-11-15(12(2)20(3)19-11)16(21)18-14(10-17)9-13-7-5-4-6-8-13/h4-8,14H,9-10H2,1-3H3,(H,18,21). The number of rotatable bonds is 5. The van der Waals surface area contributed by atoms with Gasteiger partial charge in [-0.2, -0.15) is 5.10 Å². The molecule has 112 valence electrons. The molecule has 1 aromatic carbocycles. The number of nitrogens with one attached hydrogen (secondary N) is 1. The van der Waals surface area contributed by atoms with E-state index in [1.165, 1.54) is 0 Å². The Morgan fingerprint density at radius 1 is 1.33 bits per heavy atom. The summed E-state index contributed by atoms with van der Waals surface area (Å²) in [6, 6.07) is 9.91. The Kier molecular flexibility index (Phi) is 5.02. The number of aryl methyl sites for hydroxylation is 2. The second-order valence-electron chi connectivity index (χ2n) is 5.18. The number of benzene rings is 1. The Morgan fingerprint density at radius 3 is 2.52 bits per heavy atom. The molecule has 0 aliphatic heterocycles. The van der Waals surface area contributed by atoms with E-state index < -0.39 is 0 Å². The van der Waals surface area contributed by atoms with Crippen molar-refractivity contribution < 1.29 is 4.79 Å². The van der Waals surface area contributed by atoms with Crippen molar-refractivity contribution in [2.45, 2.75) is 26.3 Å². The number of nitrogens with zero attached hydrogens (tertiary/aromatic N) is 2. The van der Waals surface area contributed by atoms with Crippen LogP contribution in [0.25, 0.3) is 0 Å². The lowest BCUT2D eigenvalue weighted by Gasteiger charge is -2.16. The zero-order valence-electron chi connectivity index (χ0n) is 12.6. The second-order valence-corrected chi connectivity index (χ2v) is 5.49. The Labute approximate surface area is 130 Å². The van der Waals surface area contributed by atoms with Crippen molar-refractivity contribution in [1.82, 2.24) is 15.1 Å². The third kappa shape index (κ3) is 3.64. The molecule has 1 amide bonds. The lowest BCUT2D eigenvalue weighted by molar-refractivity contribution is 0.0939. The van der Waals surface area contributed by atoms with Gasteiger partial charge in [0.05, 0.1) is 11.3 Å². The number of hydrogen-bond donors (Lipinski definition) is 1. The van der Waals surface area contributed by atoms with Crippen LogP contribution in [0.3, 0.4) is 0 Å². The van der Waals surface area contributed by atoms with Crippen molar-refractivity contribution in [3.63, 3.8) is 0 Å². The van der Waals surface area contributed by atoms with E-state index >= 15 is 0 Å². The van der Waals surface area contributed by atoms with Gasteiger partial charge in [0, 0.05) is 24.7 Å². The minimum atomic E-state index is -0.111. The third-order valence-corrected chi connectivity index (χ3v) is 3.96. The summed E-state index contributed by atoms with van der Waals surface area (Å²) in [7, 11) is 1.84. The number of carbonyl (C=O) groups is 1. The van der Waals surface area contributed by atoms with Gasteiger partial charge >= 0.3 is 0 Å². The Morgan fingerprint density at radius 2 is 2.00 bits per heavy atom. The molecular weight excluding hydrogens is 286 g/mol. The van der Waals surface area contributed by atoms with Gasteiger partial charge in [-0.1, -0.05) is 30.3 Å². The van der Waals surface area contributed by atoms with E-state index in [4.69, 9.17) is 11.6 Å². The molecule has 1 heterocycles. The predicted molar refractivity (Wildman–Crippen MR) is 84.8 cm³/mol. The zero-order valence-corrected chi connectivity index (χ0v) is 13.3. The van der Waals surface area contributed by atoms with Gasteiger partial charge in [0.2, 0.25) is 0 Å². The zero-order chi connectivity index (χ0) is 15.4. The first-order chi connectivity index (χ1) is 10.0. The summed E-state index contributed by atoms with van der Waals surface area (Å²) in [5, 5.41) is 7.27. The quantitative estimate of drug-likeness (QED) is 0.863. The highest BCUT2D eigenvalue weighted by molar-refractivity contribution is 6.18. The minimum absolute atomic E-state index is 0.0967. The number of aromatic nitrogens is 2. The molecule has 1 unspecified atom stereocenters. The summed E-state index contributed by atoms with van der Waals surface area (Å²) < 4.78 is 1.72. The van der Waals surface area contributed by atoms with Gasteiger partial charge in [-0.3, -0.25) is 9.48 Å². The smallest absolute Gasteiger partial charge is 0.255 e. The summed E-state index contributed by atoms with van der Waals surface area (Å²) >= 11 is 6.00. The van der Waals surface area contributed by atoms with Crippen molar-refractivity contribution in [2.24, 2.45) is 7.05 Å². The lowest BCUT2D eigenvalue weighted by Crippen LogP contribution is -2.38. The summed E-state index contributed by atoms with van der Waals surface area (Å²) in [5.41, 5.74) is 3.39. The molecule has 0 spiro atoms. The Balaban J connectivity index is 2.09. The maximum absolute atomic E-state index is 12.4. The highest BCUT2D eigenvalue weighted by Gasteiger charge is 2.20. The first-order valence-corrected chi connectivity index (χ1v) is 7.47. The van der Waals surface area contributed by atoms with Crippen molar-refractivity contribution in [1.29, 1.82) is 0 Å². The van der Waals surface area contributed by atoms with E-state index in [-0.39, 0.29) is 11.9 Å². The van der Waals surface area contributed by atoms with Gasteiger partial charge in [-0.15, -0.1) is 11.6 Å². The van der Waals surface area contributed by atoms with Gasteiger partial charge in [0.1, 0.15) is 0 Å². The van der Waals surface area contributed by atoms with Crippen molar-refractivity contribution in [3.05, 3.63) is 52.8 Å². The molecule has 21 heavy (non-hydrogen) atoms. The highest BCUT2D eigenvalue weighted by Crippen LogP contribution is 2.13. The maximum atomic E-state index is 12.4. The topological polar surface area (TPSA) is 46.9 Å². The molecule has 0 saturated heterocycles. The molecule has 0 aliphatic carbocycles. The van der Waals surface area contributed by atoms with E-state index in [0.29, 0.717) is 17.9 Å². The van der Waals surface area contributed by atoms with Crippen LogP contribution in [0.4, 0.5) is 0 Å². The van der Waals surface area contributed by atoms with Crippen LogP contribution in [0, 0.1) is 13.8 Å². The summed E-state index contributed by atoms with van der Waals surface area (Å²) in [6.07, 6.45) is 0.717. The van der Waals surface area contributed by atoms with Gasteiger partial charge < -0.3 is 5.32 Å².